The first-order valence-electron chi connectivity index (χ1n) is 9.54. The number of piperidine rings is 1. The summed E-state index contributed by atoms with van der Waals surface area (Å²) < 4.78 is 5.45. The maximum Gasteiger partial charge on any atom is 0.410 e. The van der Waals surface area contributed by atoms with Gasteiger partial charge in [-0.2, -0.15) is 0 Å². The molecule has 25 heavy (non-hydrogen) atoms. The summed E-state index contributed by atoms with van der Waals surface area (Å²) in [5, 5.41) is 0. The quantitative estimate of drug-likeness (QED) is 0.685. The average molecular weight is 344 g/mol. The molecule has 2 rings (SSSR count). The highest BCUT2D eigenvalue weighted by Crippen LogP contribution is 2.23. The molecule has 0 aliphatic carbocycles. The summed E-state index contributed by atoms with van der Waals surface area (Å²) in [4.78, 5) is 13.9. The van der Waals surface area contributed by atoms with Crippen LogP contribution in [0, 0.1) is 5.92 Å². The van der Waals surface area contributed by atoms with Gasteiger partial charge in [-0.1, -0.05) is 50.3 Å². The predicted molar refractivity (Wildman–Crippen MR) is 105 cm³/mol. The minimum Gasteiger partial charge on any atom is -0.444 e. The van der Waals surface area contributed by atoms with E-state index in [1.54, 1.807) is 0 Å². The van der Waals surface area contributed by atoms with E-state index in [0.717, 1.165) is 25.9 Å². The van der Waals surface area contributed by atoms with E-state index in [0.29, 0.717) is 11.8 Å². The van der Waals surface area contributed by atoms with Crippen molar-refractivity contribution in [2.24, 2.45) is 5.92 Å². The van der Waals surface area contributed by atoms with Gasteiger partial charge in [-0.05, 0) is 63.0 Å². The van der Waals surface area contributed by atoms with Gasteiger partial charge in [0.25, 0.3) is 0 Å². The maximum atomic E-state index is 12.1. The monoisotopic (exact) mass is 343 g/mol. The Morgan fingerprint density at radius 3 is 2.36 bits per heavy atom. The predicted octanol–water partition coefficient (Wildman–Crippen LogP) is 5.86. The Morgan fingerprint density at radius 2 is 1.84 bits per heavy atom. The molecule has 1 aromatic rings. The van der Waals surface area contributed by atoms with Gasteiger partial charge in [-0.15, -0.1) is 0 Å². The SMILES string of the molecule is CCC(C)c1ccc(/C=C/C2CCN(C(=O)OC(C)(C)C)CC2)cc1. The van der Waals surface area contributed by atoms with Crippen LogP contribution in [0.1, 0.15) is 70.9 Å². The number of carbonyl (C=O) groups excluding carboxylic acids is 1. The molecule has 0 saturated carbocycles. The van der Waals surface area contributed by atoms with Crippen LogP contribution in [0.3, 0.4) is 0 Å². The van der Waals surface area contributed by atoms with Crippen LogP contribution in [-0.4, -0.2) is 29.7 Å². The van der Waals surface area contributed by atoms with E-state index in [9.17, 15) is 4.79 Å². The molecule has 138 valence electrons. The molecule has 1 aromatic carbocycles. The van der Waals surface area contributed by atoms with Crippen LogP contribution in [0.5, 0.6) is 0 Å². The molecule has 0 N–H and O–H groups in total. The molecule has 0 bridgehead atoms. The van der Waals surface area contributed by atoms with Gasteiger partial charge < -0.3 is 9.64 Å². The molecule has 1 unspecified atom stereocenters. The minimum atomic E-state index is -0.421. The van der Waals surface area contributed by atoms with Crippen LogP contribution in [-0.2, 0) is 4.74 Å². The standard InChI is InChI=1S/C22H33NO2/c1-6-17(2)20-11-9-18(10-12-20)7-8-19-13-15-23(16-14-19)21(24)25-22(3,4)5/h7-12,17,19H,6,13-16H2,1-5H3/b8-7+. The molecule has 1 aliphatic heterocycles. The fraction of sp³-hybridized carbons (Fsp3) is 0.591. The number of allylic oxidation sites excluding steroid dienone is 1. The smallest absolute Gasteiger partial charge is 0.410 e. The van der Waals surface area contributed by atoms with E-state index in [-0.39, 0.29) is 6.09 Å². The number of benzene rings is 1. The summed E-state index contributed by atoms with van der Waals surface area (Å²) in [7, 11) is 0. The number of ether oxygens (including phenoxy) is 1. The van der Waals surface area contributed by atoms with Gasteiger partial charge in [0.1, 0.15) is 5.60 Å². The van der Waals surface area contributed by atoms with Crippen molar-refractivity contribution in [3.63, 3.8) is 0 Å². The Kier molecular flexibility index (Phi) is 6.69. The van der Waals surface area contributed by atoms with Crippen LogP contribution < -0.4 is 0 Å². The normalized spacial score (nSPS) is 17.7. The first-order chi connectivity index (χ1) is 11.8. The molecule has 0 radical (unpaired) electrons. The second-order valence-electron chi connectivity index (χ2n) is 8.14. The molecule has 1 atom stereocenters. The van der Waals surface area contributed by atoms with Crippen LogP contribution in [0.4, 0.5) is 4.79 Å². The summed E-state index contributed by atoms with van der Waals surface area (Å²) in [6, 6.07) is 8.87. The Bertz CT molecular complexity index is 575. The molecule has 1 fully saturated rings. The first-order valence-corrected chi connectivity index (χ1v) is 9.54. The van der Waals surface area contributed by atoms with Gasteiger partial charge in [0.2, 0.25) is 0 Å². The minimum absolute atomic E-state index is 0.185. The van der Waals surface area contributed by atoms with E-state index in [1.165, 1.54) is 17.5 Å². The van der Waals surface area contributed by atoms with Gasteiger partial charge >= 0.3 is 6.09 Å². The summed E-state index contributed by atoms with van der Waals surface area (Å²) in [5.74, 6) is 1.16. The highest BCUT2D eigenvalue weighted by atomic mass is 16.6. The van der Waals surface area contributed by atoms with Crippen molar-refractivity contribution in [3.8, 4) is 0 Å². The van der Waals surface area contributed by atoms with Crippen LogP contribution >= 0.6 is 0 Å². The van der Waals surface area contributed by atoms with Gasteiger partial charge in [-0.3, -0.25) is 0 Å². The highest BCUT2D eigenvalue weighted by Gasteiger charge is 2.25. The zero-order chi connectivity index (χ0) is 18.4. The fourth-order valence-corrected chi connectivity index (χ4v) is 3.02. The lowest BCUT2D eigenvalue weighted by atomic mass is 9.94. The molecule has 1 heterocycles. The topological polar surface area (TPSA) is 29.5 Å². The van der Waals surface area contributed by atoms with Crippen molar-refractivity contribution in [3.05, 3.63) is 41.5 Å². The summed E-state index contributed by atoms with van der Waals surface area (Å²) in [6.07, 6.45) is 7.50. The average Bonchev–Trinajstić information content (AvgIpc) is 2.58. The van der Waals surface area contributed by atoms with Crippen LogP contribution in [0.2, 0.25) is 0 Å². The molecule has 3 heteroatoms. The zero-order valence-electron chi connectivity index (χ0n) is 16.4. The molecule has 0 aromatic heterocycles. The fourth-order valence-electron chi connectivity index (χ4n) is 3.02. The maximum absolute atomic E-state index is 12.1. The number of hydrogen-bond donors (Lipinski definition) is 0. The van der Waals surface area contributed by atoms with Gasteiger partial charge in [0, 0.05) is 13.1 Å². The zero-order valence-corrected chi connectivity index (χ0v) is 16.4. The lowest BCUT2D eigenvalue weighted by Crippen LogP contribution is -2.41. The van der Waals surface area contributed by atoms with E-state index < -0.39 is 5.60 Å². The number of hydrogen-bond acceptors (Lipinski definition) is 2. The molecular formula is C22H33NO2. The van der Waals surface area contributed by atoms with E-state index in [1.807, 2.05) is 25.7 Å². The first kappa shape index (κ1) is 19.6. The van der Waals surface area contributed by atoms with Gasteiger partial charge in [0.15, 0.2) is 0 Å². The molecule has 1 aliphatic rings. The summed E-state index contributed by atoms with van der Waals surface area (Å²) in [6.45, 7) is 11.8. The van der Waals surface area contributed by atoms with Crippen LogP contribution in [0.15, 0.2) is 30.3 Å². The third-order valence-electron chi connectivity index (χ3n) is 4.87. The van der Waals surface area contributed by atoms with Gasteiger partial charge in [-0.25, -0.2) is 4.79 Å². The number of amides is 1. The van der Waals surface area contributed by atoms with E-state index in [4.69, 9.17) is 4.74 Å². The van der Waals surface area contributed by atoms with Gasteiger partial charge in [0.05, 0.1) is 0 Å². The third kappa shape index (κ3) is 6.22. The number of nitrogens with zero attached hydrogens (tertiary/aromatic N) is 1. The Labute approximate surface area is 153 Å². The molecule has 0 spiro atoms. The summed E-state index contributed by atoms with van der Waals surface area (Å²) in [5.41, 5.74) is 2.24. The lowest BCUT2D eigenvalue weighted by molar-refractivity contribution is 0.0197. The largest absolute Gasteiger partial charge is 0.444 e. The number of likely N-dealkylation sites (tertiary alicyclic amines) is 1. The Balaban J connectivity index is 1.83. The molecular weight excluding hydrogens is 310 g/mol. The lowest BCUT2D eigenvalue weighted by Gasteiger charge is -2.32. The Morgan fingerprint density at radius 1 is 1.24 bits per heavy atom. The van der Waals surface area contributed by atoms with Crippen LogP contribution in [0.25, 0.3) is 6.08 Å². The van der Waals surface area contributed by atoms with E-state index >= 15 is 0 Å². The summed E-state index contributed by atoms with van der Waals surface area (Å²) >= 11 is 0. The third-order valence-corrected chi connectivity index (χ3v) is 4.87. The molecule has 1 amide bonds. The van der Waals surface area contributed by atoms with E-state index in [2.05, 4.69) is 50.3 Å². The van der Waals surface area contributed by atoms with Crippen molar-refractivity contribution in [1.82, 2.24) is 4.90 Å². The van der Waals surface area contributed by atoms with Crippen molar-refractivity contribution in [2.45, 2.75) is 65.4 Å². The second kappa shape index (κ2) is 8.55. The van der Waals surface area contributed by atoms with Crippen molar-refractivity contribution in [1.29, 1.82) is 0 Å². The molecule has 3 nitrogen and oxygen atoms in total. The van der Waals surface area contributed by atoms with Crippen molar-refractivity contribution < 1.29 is 9.53 Å². The highest BCUT2D eigenvalue weighted by molar-refractivity contribution is 5.68. The van der Waals surface area contributed by atoms with Crippen molar-refractivity contribution >= 4 is 12.2 Å². The number of rotatable bonds is 4. The molecule has 1 saturated heterocycles. The second-order valence-corrected chi connectivity index (χ2v) is 8.14. The number of carbonyl (C=O) groups is 1. The Hall–Kier alpha value is -1.77. The van der Waals surface area contributed by atoms with Crippen molar-refractivity contribution in [2.75, 3.05) is 13.1 Å².